The fraction of sp³-hybridized carbons (Fsp3) is 0.423. The summed E-state index contributed by atoms with van der Waals surface area (Å²) in [5.41, 5.74) is 3.62. The maximum Gasteiger partial charge on any atom is 0.266 e. The summed E-state index contributed by atoms with van der Waals surface area (Å²) < 4.78 is 6.12. The molecule has 0 aromatic heterocycles. The molecule has 2 saturated heterocycles. The fourth-order valence-corrected chi connectivity index (χ4v) is 4.96. The molecule has 9 nitrogen and oxygen atoms in total. The first-order valence-electron chi connectivity index (χ1n) is 12.1. The van der Waals surface area contributed by atoms with Gasteiger partial charge in [0.1, 0.15) is 18.4 Å². The monoisotopic (exact) mass is 477 g/mol. The van der Waals surface area contributed by atoms with E-state index in [0.29, 0.717) is 22.9 Å². The van der Waals surface area contributed by atoms with E-state index in [9.17, 15) is 14.4 Å². The third-order valence-electron chi connectivity index (χ3n) is 7.17. The molecule has 3 aliphatic rings. The zero-order valence-corrected chi connectivity index (χ0v) is 20.0. The van der Waals surface area contributed by atoms with Gasteiger partial charge >= 0.3 is 0 Å². The number of piperazine rings is 1. The minimum Gasteiger partial charge on any atom is -0.489 e. The second-order valence-electron chi connectivity index (χ2n) is 9.56. The number of ether oxygens (including phenoxy) is 1. The summed E-state index contributed by atoms with van der Waals surface area (Å²) in [4.78, 5) is 43.6. The number of fused-ring (bicyclic) bond motifs is 1. The summed E-state index contributed by atoms with van der Waals surface area (Å²) in [6.07, 6.45) is 0.420. The number of rotatable bonds is 6. The van der Waals surface area contributed by atoms with Gasteiger partial charge in [0.15, 0.2) is 0 Å². The number of hydrazine groups is 1. The lowest BCUT2D eigenvalue weighted by Crippen LogP contribution is -2.57. The number of carbonyl (C=O) groups excluding carboxylic acids is 3. The lowest BCUT2D eigenvalue weighted by atomic mass is 10.0. The zero-order valence-electron chi connectivity index (χ0n) is 20.0. The average molecular weight is 478 g/mol. The van der Waals surface area contributed by atoms with Gasteiger partial charge in [-0.2, -0.15) is 0 Å². The van der Waals surface area contributed by atoms with Crippen molar-refractivity contribution in [2.75, 3.05) is 33.2 Å². The Morgan fingerprint density at radius 3 is 2.43 bits per heavy atom. The highest BCUT2D eigenvalue weighted by Crippen LogP contribution is 2.34. The Hall–Kier alpha value is -3.27. The van der Waals surface area contributed by atoms with Crippen molar-refractivity contribution in [1.82, 2.24) is 19.7 Å². The van der Waals surface area contributed by atoms with Crippen molar-refractivity contribution in [2.45, 2.75) is 38.6 Å². The highest BCUT2D eigenvalue weighted by atomic mass is 16.5. The lowest BCUT2D eigenvalue weighted by molar-refractivity contribution is -0.152. The van der Waals surface area contributed by atoms with E-state index in [1.807, 2.05) is 6.07 Å². The van der Waals surface area contributed by atoms with Crippen LogP contribution in [0.3, 0.4) is 0 Å². The summed E-state index contributed by atoms with van der Waals surface area (Å²) >= 11 is 0. The van der Waals surface area contributed by atoms with Crippen molar-refractivity contribution in [3.63, 3.8) is 0 Å². The SMILES string of the molecule is CN1CCN(Cc2ccc(COc3cccc4c3CN(C3CCC(=O)N(N)C3=O)C4=O)cc2)CC1. The van der Waals surface area contributed by atoms with E-state index in [1.165, 1.54) is 10.5 Å². The van der Waals surface area contributed by atoms with Crippen LogP contribution in [0.15, 0.2) is 42.5 Å². The normalized spacial score (nSPS) is 21.5. The maximum atomic E-state index is 13.0. The molecule has 5 rings (SSSR count). The molecule has 3 aliphatic heterocycles. The molecule has 1 unspecified atom stereocenters. The number of nitrogens with two attached hydrogens (primary N) is 1. The van der Waals surface area contributed by atoms with Crippen molar-refractivity contribution in [3.8, 4) is 5.75 Å². The summed E-state index contributed by atoms with van der Waals surface area (Å²) in [5, 5.41) is 0.634. The number of amides is 3. The minimum atomic E-state index is -0.738. The highest BCUT2D eigenvalue weighted by molar-refractivity contribution is 6.05. The second kappa shape index (κ2) is 9.77. The van der Waals surface area contributed by atoms with Crippen LogP contribution in [0.2, 0.25) is 0 Å². The number of likely N-dealkylation sites (N-methyl/N-ethyl adjacent to an activating group) is 1. The first-order valence-corrected chi connectivity index (χ1v) is 12.1. The maximum absolute atomic E-state index is 13.0. The van der Waals surface area contributed by atoms with E-state index >= 15 is 0 Å². The minimum absolute atomic E-state index is 0.140. The van der Waals surface area contributed by atoms with Crippen LogP contribution in [0.5, 0.6) is 5.75 Å². The van der Waals surface area contributed by atoms with Crippen LogP contribution in [-0.2, 0) is 29.3 Å². The first-order chi connectivity index (χ1) is 16.9. The molecule has 0 saturated carbocycles. The van der Waals surface area contributed by atoms with E-state index in [0.717, 1.165) is 43.9 Å². The summed E-state index contributed by atoms with van der Waals surface area (Å²) in [6, 6.07) is 13.1. The molecule has 0 aliphatic carbocycles. The number of carbonyl (C=O) groups is 3. The van der Waals surface area contributed by atoms with Crippen LogP contribution in [0.1, 0.15) is 39.9 Å². The highest BCUT2D eigenvalue weighted by Gasteiger charge is 2.42. The molecular formula is C26H31N5O4. The molecule has 3 heterocycles. The molecule has 2 fully saturated rings. The van der Waals surface area contributed by atoms with E-state index in [2.05, 4.69) is 41.1 Å². The Morgan fingerprint density at radius 2 is 1.69 bits per heavy atom. The number of hydrogen-bond donors (Lipinski definition) is 1. The van der Waals surface area contributed by atoms with E-state index in [-0.39, 0.29) is 25.3 Å². The van der Waals surface area contributed by atoms with Gasteiger partial charge in [-0.25, -0.2) is 10.9 Å². The van der Waals surface area contributed by atoms with Crippen molar-refractivity contribution < 1.29 is 19.1 Å². The van der Waals surface area contributed by atoms with Gasteiger partial charge in [-0.05, 0) is 36.7 Å². The number of hydrogen-bond acceptors (Lipinski definition) is 7. The van der Waals surface area contributed by atoms with E-state index in [1.54, 1.807) is 12.1 Å². The molecule has 0 bridgehead atoms. The van der Waals surface area contributed by atoms with Crippen LogP contribution in [-0.4, -0.2) is 76.7 Å². The molecule has 9 heteroatoms. The molecule has 2 N–H and O–H groups in total. The Bertz CT molecular complexity index is 1130. The van der Waals surface area contributed by atoms with E-state index < -0.39 is 17.9 Å². The van der Waals surface area contributed by atoms with Gasteiger partial charge in [0.25, 0.3) is 11.8 Å². The largest absolute Gasteiger partial charge is 0.489 e. The second-order valence-corrected chi connectivity index (χ2v) is 9.56. The van der Waals surface area contributed by atoms with Gasteiger partial charge in [0, 0.05) is 50.3 Å². The Morgan fingerprint density at radius 1 is 0.971 bits per heavy atom. The Labute approximate surface area is 205 Å². The first kappa shape index (κ1) is 23.5. The van der Waals surface area contributed by atoms with Crippen LogP contribution in [0.4, 0.5) is 0 Å². The smallest absolute Gasteiger partial charge is 0.266 e. The summed E-state index contributed by atoms with van der Waals surface area (Å²) in [7, 11) is 2.16. The molecule has 184 valence electrons. The Balaban J connectivity index is 1.22. The average Bonchev–Trinajstić information content (AvgIpc) is 3.20. The summed E-state index contributed by atoms with van der Waals surface area (Å²) in [5.74, 6) is 5.04. The van der Waals surface area contributed by atoms with Crippen molar-refractivity contribution in [1.29, 1.82) is 0 Å². The quantitative estimate of drug-likeness (QED) is 0.381. The van der Waals surface area contributed by atoms with Gasteiger partial charge < -0.3 is 14.5 Å². The van der Waals surface area contributed by atoms with Crippen molar-refractivity contribution in [2.24, 2.45) is 5.84 Å². The third kappa shape index (κ3) is 4.80. The van der Waals surface area contributed by atoms with Crippen LogP contribution in [0, 0.1) is 0 Å². The lowest BCUT2D eigenvalue weighted by Gasteiger charge is -2.33. The number of imide groups is 1. The van der Waals surface area contributed by atoms with Crippen LogP contribution in [0.25, 0.3) is 0 Å². The molecule has 2 aromatic carbocycles. The van der Waals surface area contributed by atoms with Crippen LogP contribution < -0.4 is 10.6 Å². The zero-order chi connectivity index (χ0) is 24.5. The predicted octanol–water partition coefficient (Wildman–Crippen LogP) is 1.36. The predicted molar refractivity (Wildman–Crippen MR) is 129 cm³/mol. The van der Waals surface area contributed by atoms with Gasteiger partial charge in [0.05, 0.1) is 6.54 Å². The summed E-state index contributed by atoms with van der Waals surface area (Å²) in [6.45, 7) is 5.96. The molecule has 3 amide bonds. The molecule has 0 spiro atoms. The molecule has 35 heavy (non-hydrogen) atoms. The molecular weight excluding hydrogens is 446 g/mol. The standard InChI is InChI=1S/C26H31N5O4/c1-28-11-13-29(14-12-28)15-18-5-7-19(8-6-18)17-35-23-4-2-3-20-21(23)16-30(25(20)33)22-9-10-24(32)31(27)26(22)34/h2-8,22H,9-17,27H2,1H3. The Kier molecular flexibility index (Phi) is 6.55. The van der Waals surface area contributed by atoms with Crippen molar-refractivity contribution >= 4 is 17.7 Å². The van der Waals surface area contributed by atoms with Gasteiger partial charge in [0.2, 0.25) is 5.91 Å². The van der Waals surface area contributed by atoms with Crippen LogP contribution >= 0.6 is 0 Å². The molecule has 0 radical (unpaired) electrons. The fourth-order valence-electron chi connectivity index (χ4n) is 4.96. The van der Waals surface area contributed by atoms with Crippen molar-refractivity contribution in [3.05, 3.63) is 64.7 Å². The number of nitrogens with zero attached hydrogens (tertiary/aromatic N) is 4. The molecule has 2 aromatic rings. The van der Waals surface area contributed by atoms with Gasteiger partial charge in [-0.3, -0.25) is 19.3 Å². The number of piperidine rings is 1. The van der Waals surface area contributed by atoms with E-state index in [4.69, 9.17) is 10.6 Å². The third-order valence-corrected chi connectivity index (χ3v) is 7.17. The molecule has 1 atom stereocenters. The topological polar surface area (TPSA) is 99.4 Å². The number of benzene rings is 2. The van der Waals surface area contributed by atoms with Gasteiger partial charge in [-0.15, -0.1) is 0 Å². The van der Waals surface area contributed by atoms with Gasteiger partial charge in [-0.1, -0.05) is 30.3 Å².